The maximum atomic E-state index is 13.5. The lowest BCUT2D eigenvalue weighted by Gasteiger charge is -2.30. The minimum absolute atomic E-state index is 0.0849. The maximum Gasteiger partial charge on any atom is 0.267 e. The van der Waals surface area contributed by atoms with Crippen molar-refractivity contribution in [3.05, 3.63) is 35.1 Å². The lowest BCUT2D eigenvalue weighted by Crippen LogP contribution is -2.36. The molecule has 7 nitrogen and oxygen atoms in total. The van der Waals surface area contributed by atoms with Gasteiger partial charge in [0.2, 0.25) is 0 Å². The molecule has 1 aromatic carbocycles. The summed E-state index contributed by atoms with van der Waals surface area (Å²) in [5, 5.41) is 3.20. The summed E-state index contributed by atoms with van der Waals surface area (Å²) in [6, 6.07) is 3.17. The lowest BCUT2D eigenvalue weighted by molar-refractivity contribution is 0.0819. The molecular formula is C17H20FN3O4S2. The van der Waals surface area contributed by atoms with Crippen molar-refractivity contribution in [2.24, 2.45) is 0 Å². The molecule has 1 aliphatic heterocycles. The van der Waals surface area contributed by atoms with E-state index >= 15 is 0 Å². The van der Waals surface area contributed by atoms with E-state index in [2.05, 4.69) is 15.2 Å². The minimum Gasteiger partial charge on any atom is -0.381 e. The first-order valence-corrected chi connectivity index (χ1v) is 11.0. The number of nitrogens with one attached hydrogen (secondary N) is 1. The van der Waals surface area contributed by atoms with Crippen LogP contribution in [0, 0.1) is 5.82 Å². The zero-order valence-electron chi connectivity index (χ0n) is 14.9. The van der Waals surface area contributed by atoms with Gasteiger partial charge in [0.05, 0.1) is 22.9 Å². The molecule has 0 spiro atoms. The third-order valence-electron chi connectivity index (χ3n) is 4.35. The van der Waals surface area contributed by atoms with E-state index in [0.29, 0.717) is 4.88 Å². The molecule has 1 N–H and O–H groups in total. The van der Waals surface area contributed by atoms with Crippen LogP contribution in [0.3, 0.4) is 0 Å². The highest BCUT2D eigenvalue weighted by Gasteiger charge is 2.23. The molecule has 2 heterocycles. The molecule has 1 aromatic heterocycles. The van der Waals surface area contributed by atoms with Gasteiger partial charge in [-0.3, -0.25) is 4.79 Å². The Hall–Kier alpha value is -2.04. The molecule has 0 radical (unpaired) electrons. The fraction of sp³-hybridized carbons (Fsp3) is 0.412. The highest BCUT2D eigenvalue weighted by molar-refractivity contribution is 7.90. The normalized spacial score (nSPS) is 15.7. The van der Waals surface area contributed by atoms with Gasteiger partial charge >= 0.3 is 0 Å². The molecule has 1 saturated heterocycles. The summed E-state index contributed by atoms with van der Waals surface area (Å²) >= 11 is 1.21. The highest BCUT2D eigenvalue weighted by atomic mass is 32.2. The third kappa shape index (κ3) is 4.63. The number of aromatic nitrogens is 1. The lowest BCUT2D eigenvalue weighted by atomic mass is 10.1. The van der Waals surface area contributed by atoms with Crippen LogP contribution in [-0.4, -0.2) is 51.9 Å². The number of halogens is 1. The van der Waals surface area contributed by atoms with Crippen molar-refractivity contribution in [1.29, 1.82) is 0 Å². The zero-order valence-corrected chi connectivity index (χ0v) is 16.6. The van der Waals surface area contributed by atoms with Crippen LogP contribution < -0.4 is 10.2 Å². The van der Waals surface area contributed by atoms with E-state index in [1.165, 1.54) is 17.5 Å². The van der Waals surface area contributed by atoms with Crippen LogP contribution in [0.5, 0.6) is 0 Å². The first-order valence-electron chi connectivity index (χ1n) is 8.32. The van der Waals surface area contributed by atoms with Crippen molar-refractivity contribution < 1.29 is 22.3 Å². The van der Waals surface area contributed by atoms with E-state index in [4.69, 9.17) is 4.74 Å². The Bertz CT molecular complexity index is 937. The van der Waals surface area contributed by atoms with E-state index in [1.807, 2.05) is 0 Å². The molecule has 0 aliphatic carbocycles. The van der Waals surface area contributed by atoms with Gasteiger partial charge in [-0.25, -0.2) is 17.8 Å². The van der Waals surface area contributed by atoms with Gasteiger partial charge in [-0.2, -0.15) is 0 Å². The van der Waals surface area contributed by atoms with Crippen LogP contribution in [0.15, 0.2) is 29.3 Å². The van der Waals surface area contributed by atoms with Gasteiger partial charge in [-0.1, -0.05) is 11.3 Å². The number of ether oxygens (including phenoxy) is 1. The molecule has 1 fully saturated rings. The minimum atomic E-state index is -3.61. The van der Waals surface area contributed by atoms with Gasteiger partial charge in [0.15, 0.2) is 15.0 Å². The molecule has 0 bridgehead atoms. The number of hydrogen-bond donors (Lipinski definition) is 1. The fourth-order valence-corrected chi connectivity index (χ4v) is 4.59. The van der Waals surface area contributed by atoms with Gasteiger partial charge < -0.3 is 15.0 Å². The van der Waals surface area contributed by atoms with Crippen molar-refractivity contribution in [2.45, 2.75) is 23.8 Å². The molecule has 1 amide bonds. The number of anilines is 2. The molecule has 3 rings (SSSR count). The number of carbonyl (C=O) groups excluding carboxylic acids is 1. The Morgan fingerprint density at radius 2 is 2.07 bits per heavy atom. The first-order chi connectivity index (χ1) is 12.8. The van der Waals surface area contributed by atoms with Crippen LogP contribution in [0.1, 0.15) is 22.5 Å². The number of sulfone groups is 1. The Kier molecular flexibility index (Phi) is 5.78. The number of amides is 1. The van der Waals surface area contributed by atoms with Crippen molar-refractivity contribution in [2.75, 3.05) is 36.7 Å². The van der Waals surface area contributed by atoms with E-state index < -0.39 is 21.6 Å². The second kappa shape index (κ2) is 7.91. The number of carbonyl (C=O) groups is 1. The largest absolute Gasteiger partial charge is 0.381 e. The molecule has 10 heteroatoms. The number of hydrogen-bond acceptors (Lipinski definition) is 7. The van der Waals surface area contributed by atoms with Gasteiger partial charge in [0.1, 0.15) is 10.7 Å². The molecular weight excluding hydrogens is 393 g/mol. The van der Waals surface area contributed by atoms with Crippen LogP contribution in [-0.2, 0) is 14.6 Å². The molecule has 2 aromatic rings. The van der Waals surface area contributed by atoms with E-state index in [1.54, 1.807) is 7.11 Å². The Morgan fingerprint density at radius 3 is 2.70 bits per heavy atom. The second-order valence-electron chi connectivity index (χ2n) is 6.30. The van der Waals surface area contributed by atoms with E-state index in [0.717, 1.165) is 55.5 Å². The van der Waals surface area contributed by atoms with E-state index in [9.17, 15) is 17.6 Å². The Balaban J connectivity index is 1.75. The predicted octanol–water partition coefficient (Wildman–Crippen LogP) is 2.55. The third-order valence-corrected chi connectivity index (χ3v) is 6.56. The molecule has 0 unspecified atom stereocenters. The average Bonchev–Trinajstić information content (AvgIpc) is 3.11. The molecule has 146 valence electrons. The van der Waals surface area contributed by atoms with Crippen molar-refractivity contribution in [3.8, 4) is 0 Å². The summed E-state index contributed by atoms with van der Waals surface area (Å²) in [6.07, 6.45) is 4.46. The standard InChI is InChI=1S/C17H20FN3O4S2/c1-25-12-5-7-21(8-6-12)17-19-10-14(26-17)16(22)20-13-9-11(18)3-4-15(13)27(2,23)24/h3-4,9-10,12H,5-8H2,1-2H3,(H,20,22). The molecule has 1 aliphatic rings. The summed E-state index contributed by atoms with van der Waals surface area (Å²) in [6.45, 7) is 1.57. The fourth-order valence-electron chi connectivity index (χ4n) is 2.91. The van der Waals surface area contributed by atoms with Gasteiger partial charge in [-0.15, -0.1) is 0 Å². The van der Waals surface area contributed by atoms with Gasteiger partial charge in [-0.05, 0) is 31.0 Å². The SMILES string of the molecule is COC1CCN(c2ncc(C(=O)Nc3cc(F)ccc3S(C)(=O)=O)s2)CC1. The summed E-state index contributed by atoms with van der Waals surface area (Å²) in [5.74, 6) is -1.16. The number of piperidine rings is 1. The van der Waals surface area contributed by atoms with Crippen LogP contribution in [0.25, 0.3) is 0 Å². The smallest absolute Gasteiger partial charge is 0.267 e. The topological polar surface area (TPSA) is 88.6 Å². The van der Waals surface area contributed by atoms with Gasteiger partial charge in [0, 0.05) is 26.5 Å². The second-order valence-corrected chi connectivity index (χ2v) is 9.29. The van der Waals surface area contributed by atoms with Crippen molar-refractivity contribution in [3.63, 3.8) is 0 Å². The van der Waals surface area contributed by atoms with Crippen molar-refractivity contribution in [1.82, 2.24) is 4.98 Å². The molecule has 0 saturated carbocycles. The Labute approximate surface area is 161 Å². The van der Waals surface area contributed by atoms with Crippen LogP contribution >= 0.6 is 11.3 Å². The number of nitrogens with zero attached hydrogens (tertiary/aromatic N) is 2. The summed E-state index contributed by atoms with van der Waals surface area (Å²) in [4.78, 5) is 19.1. The summed E-state index contributed by atoms with van der Waals surface area (Å²) in [7, 11) is -1.91. The summed E-state index contributed by atoms with van der Waals surface area (Å²) < 4.78 is 42.6. The zero-order chi connectivity index (χ0) is 19.6. The highest BCUT2D eigenvalue weighted by Crippen LogP contribution is 2.28. The van der Waals surface area contributed by atoms with E-state index in [-0.39, 0.29) is 16.7 Å². The molecule has 27 heavy (non-hydrogen) atoms. The number of methoxy groups -OCH3 is 1. The average molecular weight is 413 g/mol. The quantitative estimate of drug-likeness (QED) is 0.758. The monoisotopic (exact) mass is 413 g/mol. The maximum absolute atomic E-state index is 13.5. The number of thiazole rings is 1. The number of benzene rings is 1. The number of rotatable bonds is 5. The van der Waals surface area contributed by atoms with Crippen molar-refractivity contribution >= 4 is 37.9 Å². The van der Waals surface area contributed by atoms with Crippen LogP contribution in [0.2, 0.25) is 0 Å². The predicted molar refractivity (Wildman–Crippen MR) is 102 cm³/mol. The van der Waals surface area contributed by atoms with Crippen LogP contribution in [0.4, 0.5) is 15.2 Å². The molecule has 0 atom stereocenters. The first kappa shape index (κ1) is 19.7. The summed E-state index contributed by atoms with van der Waals surface area (Å²) in [5.41, 5.74) is -0.0849. The van der Waals surface area contributed by atoms with Gasteiger partial charge in [0.25, 0.3) is 5.91 Å². The Morgan fingerprint density at radius 1 is 1.37 bits per heavy atom.